The van der Waals surface area contributed by atoms with Gasteiger partial charge in [-0.2, -0.15) is 0 Å². The maximum absolute atomic E-state index is 4.57. The Morgan fingerprint density at radius 3 is 2.84 bits per heavy atom. The molecule has 1 aromatic rings. The summed E-state index contributed by atoms with van der Waals surface area (Å²) in [5.74, 6) is 1.39. The average Bonchev–Trinajstić information content (AvgIpc) is 2.58. The van der Waals surface area contributed by atoms with Crippen LogP contribution >= 0.6 is 0 Å². The van der Waals surface area contributed by atoms with Gasteiger partial charge in [0, 0.05) is 11.8 Å². The second-order valence-electron chi connectivity index (χ2n) is 5.62. The van der Waals surface area contributed by atoms with Crippen molar-refractivity contribution in [3.8, 4) is 0 Å². The van der Waals surface area contributed by atoms with Crippen LogP contribution in [0.4, 0.5) is 5.82 Å². The number of aromatic nitrogens is 2. The van der Waals surface area contributed by atoms with Crippen LogP contribution in [0.25, 0.3) is 0 Å². The van der Waals surface area contributed by atoms with Crippen molar-refractivity contribution in [1.82, 2.24) is 14.9 Å². The highest BCUT2D eigenvalue weighted by Crippen LogP contribution is 2.31. The van der Waals surface area contributed by atoms with Crippen LogP contribution in [0.1, 0.15) is 50.4 Å². The summed E-state index contributed by atoms with van der Waals surface area (Å²) >= 11 is 0. The molecule has 2 atom stereocenters. The summed E-state index contributed by atoms with van der Waals surface area (Å²) in [6.07, 6.45) is 8.11. The molecule has 1 aliphatic rings. The monoisotopic (exact) mass is 260 g/mol. The summed E-state index contributed by atoms with van der Waals surface area (Å²) in [5, 5.41) is 0. The van der Waals surface area contributed by atoms with E-state index in [0.29, 0.717) is 12.0 Å². The molecule has 0 radical (unpaired) electrons. The molecule has 0 aliphatic carbocycles. The molecule has 2 rings (SSSR count). The molecule has 104 valence electrons. The van der Waals surface area contributed by atoms with E-state index in [4.69, 9.17) is 0 Å². The standard InChI is InChI=1S/C15H24N4/c1-5-6-13(19(3)4)14-12-8-7-11(2)9-16-15(12)18-10-17-14/h9-11,13H,5-8H2,1-4H3. The highest BCUT2D eigenvalue weighted by molar-refractivity contribution is 5.66. The molecule has 0 spiro atoms. The van der Waals surface area contributed by atoms with Crippen LogP contribution in [0.3, 0.4) is 0 Å². The molecule has 2 unspecified atom stereocenters. The van der Waals surface area contributed by atoms with Gasteiger partial charge in [0.05, 0.1) is 11.7 Å². The summed E-state index contributed by atoms with van der Waals surface area (Å²) in [4.78, 5) is 15.7. The fourth-order valence-corrected chi connectivity index (χ4v) is 2.61. The lowest BCUT2D eigenvalue weighted by Crippen LogP contribution is -2.22. The maximum Gasteiger partial charge on any atom is 0.158 e. The highest BCUT2D eigenvalue weighted by Gasteiger charge is 2.22. The minimum atomic E-state index is 0.366. The van der Waals surface area contributed by atoms with Gasteiger partial charge < -0.3 is 4.90 Å². The quantitative estimate of drug-likeness (QED) is 0.835. The SMILES string of the molecule is CCCC(c1ncnc2c1CCC(C)C=N2)N(C)C. The normalized spacial score (nSPS) is 20.2. The average molecular weight is 260 g/mol. The van der Waals surface area contributed by atoms with Crippen molar-refractivity contribution >= 4 is 12.0 Å². The summed E-state index contributed by atoms with van der Waals surface area (Å²) < 4.78 is 0. The minimum Gasteiger partial charge on any atom is -0.301 e. The van der Waals surface area contributed by atoms with E-state index < -0.39 is 0 Å². The predicted molar refractivity (Wildman–Crippen MR) is 79.0 cm³/mol. The van der Waals surface area contributed by atoms with Crippen LogP contribution in [-0.4, -0.2) is 35.2 Å². The number of fused-ring (bicyclic) bond motifs is 1. The topological polar surface area (TPSA) is 41.4 Å². The molecule has 0 fully saturated rings. The van der Waals surface area contributed by atoms with Gasteiger partial charge in [0.25, 0.3) is 0 Å². The molecule has 2 heterocycles. The Labute approximate surface area is 116 Å². The minimum absolute atomic E-state index is 0.366. The zero-order valence-corrected chi connectivity index (χ0v) is 12.4. The van der Waals surface area contributed by atoms with E-state index in [1.807, 2.05) is 6.21 Å². The summed E-state index contributed by atoms with van der Waals surface area (Å²) in [6, 6.07) is 0.366. The third-order valence-electron chi connectivity index (χ3n) is 3.76. The second kappa shape index (κ2) is 6.24. The second-order valence-corrected chi connectivity index (χ2v) is 5.62. The summed E-state index contributed by atoms with van der Waals surface area (Å²) in [6.45, 7) is 4.43. The lowest BCUT2D eigenvalue weighted by molar-refractivity contribution is 0.274. The van der Waals surface area contributed by atoms with Gasteiger partial charge in [0.2, 0.25) is 0 Å². The number of rotatable bonds is 4. The van der Waals surface area contributed by atoms with Crippen molar-refractivity contribution in [2.24, 2.45) is 10.9 Å². The van der Waals surface area contributed by atoms with E-state index in [1.54, 1.807) is 6.33 Å². The first-order valence-corrected chi connectivity index (χ1v) is 7.17. The molecule has 0 saturated carbocycles. The van der Waals surface area contributed by atoms with Crippen LogP contribution in [0, 0.1) is 5.92 Å². The first-order chi connectivity index (χ1) is 9.13. The van der Waals surface area contributed by atoms with Crippen LogP contribution in [0.15, 0.2) is 11.3 Å². The number of nitrogens with zero attached hydrogens (tertiary/aromatic N) is 4. The smallest absolute Gasteiger partial charge is 0.158 e. The molecule has 0 N–H and O–H groups in total. The van der Waals surface area contributed by atoms with Gasteiger partial charge in [0.15, 0.2) is 5.82 Å². The van der Waals surface area contributed by atoms with Gasteiger partial charge in [-0.05, 0) is 39.3 Å². The van der Waals surface area contributed by atoms with E-state index in [9.17, 15) is 0 Å². The molecule has 0 aromatic carbocycles. The Balaban J connectivity index is 2.40. The van der Waals surface area contributed by atoms with Gasteiger partial charge >= 0.3 is 0 Å². The van der Waals surface area contributed by atoms with Gasteiger partial charge in [-0.15, -0.1) is 0 Å². The Kier molecular flexibility index (Phi) is 4.64. The Morgan fingerprint density at radius 2 is 2.16 bits per heavy atom. The molecule has 0 bridgehead atoms. The molecule has 4 heteroatoms. The van der Waals surface area contributed by atoms with Gasteiger partial charge in [-0.25, -0.2) is 15.0 Å². The van der Waals surface area contributed by atoms with Crippen molar-refractivity contribution in [1.29, 1.82) is 0 Å². The maximum atomic E-state index is 4.57. The van der Waals surface area contributed by atoms with E-state index in [0.717, 1.165) is 31.5 Å². The lowest BCUT2D eigenvalue weighted by atomic mass is 9.97. The van der Waals surface area contributed by atoms with Crippen molar-refractivity contribution in [3.05, 3.63) is 17.6 Å². The van der Waals surface area contributed by atoms with Crippen molar-refractivity contribution in [2.75, 3.05) is 14.1 Å². The van der Waals surface area contributed by atoms with Crippen molar-refractivity contribution < 1.29 is 0 Å². The molecular formula is C15H24N4. The molecule has 0 saturated heterocycles. The van der Waals surface area contributed by atoms with Gasteiger partial charge in [-0.1, -0.05) is 20.3 Å². The van der Waals surface area contributed by atoms with Crippen LogP contribution < -0.4 is 0 Å². The van der Waals surface area contributed by atoms with Gasteiger partial charge in [-0.3, -0.25) is 0 Å². The molecular weight excluding hydrogens is 236 g/mol. The van der Waals surface area contributed by atoms with E-state index in [-0.39, 0.29) is 0 Å². The Hall–Kier alpha value is -1.29. The van der Waals surface area contributed by atoms with Crippen molar-refractivity contribution in [2.45, 2.75) is 45.6 Å². The molecule has 1 aliphatic heterocycles. The van der Waals surface area contributed by atoms with E-state index >= 15 is 0 Å². The zero-order chi connectivity index (χ0) is 13.8. The van der Waals surface area contributed by atoms with Crippen LogP contribution in [0.2, 0.25) is 0 Å². The third-order valence-corrected chi connectivity index (χ3v) is 3.76. The number of hydrogen-bond donors (Lipinski definition) is 0. The van der Waals surface area contributed by atoms with Gasteiger partial charge in [0.1, 0.15) is 6.33 Å². The fraction of sp³-hybridized carbons (Fsp3) is 0.667. The summed E-state index contributed by atoms with van der Waals surface area (Å²) in [5.41, 5.74) is 2.42. The van der Waals surface area contributed by atoms with Crippen LogP contribution in [-0.2, 0) is 6.42 Å². The fourth-order valence-electron chi connectivity index (χ4n) is 2.61. The molecule has 0 amide bonds. The molecule has 4 nitrogen and oxygen atoms in total. The predicted octanol–water partition coefficient (Wildman–Crippen LogP) is 3.16. The highest BCUT2D eigenvalue weighted by atomic mass is 15.1. The Morgan fingerprint density at radius 1 is 1.37 bits per heavy atom. The first kappa shape index (κ1) is 14.1. The summed E-state index contributed by atoms with van der Waals surface area (Å²) in [7, 11) is 4.24. The van der Waals surface area contributed by atoms with E-state index in [1.165, 1.54) is 11.3 Å². The van der Waals surface area contributed by atoms with Crippen LogP contribution in [0.5, 0.6) is 0 Å². The Bertz CT molecular complexity index is 453. The number of hydrogen-bond acceptors (Lipinski definition) is 4. The van der Waals surface area contributed by atoms with E-state index in [2.05, 4.69) is 47.8 Å². The number of aliphatic imine (C=N–C) groups is 1. The largest absolute Gasteiger partial charge is 0.301 e. The van der Waals surface area contributed by atoms with Crippen molar-refractivity contribution in [3.63, 3.8) is 0 Å². The zero-order valence-electron chi connectivity index (χ0n) is 12.4. The molecule has 1 aromatic heterocycles. The third kappa shape index (κ3) is 3.18. The molecule has 19 heavy (non-hydrogen) atoms. The lowest BCUT2D eigenvalue weighted by Gasteiger charge is -2.25. The first-order valence-electron chi connectivity index (χ1n) is 7.17.